The molecule has 2 atom stereocenters. The Bertz CT molecular complexity index is 1640. The van der Waals surface area contributed by atoms with Crippen molar-refractivity contribution < 1.29 is 57.6 Å². The summed E-state index contributed by atoms with van der Waals surface area (Å²) in [6.07, 6.45) is 15.9. The van der Waals surface area contributed by atoms with E-state index in [9.17, 15) is 33.9 Å². The molecule has 17 heteroatoms. The van der Waals surface area contributed by atoms with E-state index in [2.05, 4.69) is 21.3 Å². The molecule has 0 aliphatic rings. The lowest BCUT2D eigenvalue weighted by atomic mass is 9.93. The fourth-order valence-corrected chi connectivity index (χ4v) is 7.15. The molecular formula is C51H81N5O12. The monoisotopic (exact) mass is 956 g/mol. The van der Waals surface area contributed by atoms with Gasteiger partial charge in [-0.3, -0.25) is 24.0 Å². The molecule has 0 bridgehead atoms. The highest BCUT2D eigenvalue weighted by molar-refractivity contribution is 5.85. The lowest BCUT2D eigenvalue weighted by molar-refractivity contribution is -0.149. The van der Waals surface area contributed by atoms with Gasteiger partial charge < -0.3 is 55.8 Å². The molecule has 0 radical (unpaired) electrons. The number of carboxylic acids is 1. The SMILES string of the molecule is NCCNC(=O)COCCOCCNC(=O)COCCOCCNC(=O)CC[C@H](NC(=O)CCCCCCCCCCCCCCCC(Cc1ccccc1)C(=O)O)C(=O)OCc1ccccc1. The van der Waals surface area contributed by atoms with Crippen molar-refractivity contribution in [2.75, 3.05) is 79.0 Å². The van der Waals surface area contributed by atoms with Gasteiger partial charge in [0.05, 0.1) is 45.6 Å². The molecule has 0 aromatic heterocycles. The van der Waals surface area contributed by atoms with Crippen LogP contribution in [0.25, 0.3) is 0 Å². The molecule has 382 valence electrons. The van der Waals surface area contributed by atoms with E-state index in [0.29, 0.717) is 32.5 Å². The topological polar surface area (TPSA) is 243 Å². The zero-order chi connectivity index (χ0) is 49.1. The molecule has 2 aromatic rings. The van der Waals surface area contributed by atoms with Crippen molar-refractivity contribution in [3.05, 3.63) is 71.8 Å². The summed E-state index contributed by atoms with van der Waals surface area (Å²) in [4.78, 5) is 73.6. The van der Waals surface area contributed by atoms with Crippen LogP contribution in [0.1, 0.15) is 120 Å². The standard InChI is InChI=1S/C51H81N5O12/c52-28-29-53-48(59)40-66-36-35-65-33-31-55-49(60)41-67-37-34-64-32-30-54-46(57)27-26-45(51(63)68-39-43-22-16-13-17-23-43)56-47(58)25-19-11-9-7-5-3-1-2-4-6-8-10-18-24-44(50(61)62)38-42-20-14-12-15-21-42/h12-17,20-23,44-45H,1-11,18-19,24-41,52H2,(H,53,59)(H,54,57)(H,55,60)(H,56,58)(H,61,62)/t44?,45-/m0/s1. The van der Waals surface area contributed by atoms with Gasteiger partial charge in [-0.15, -0.1) is 0 Å². The number of carboxylic acid groups (broad SMARTS) is 1. The predicted octanol–water partition coefficient (Wildman–Crippen LogP) is 5.16. The Morgan fingerprint density at radius 2 is 0.971 bits per heavy atom. The van der Waals surface area contributed by atoms with Crippen LogP contribution in [0.15, 0.2) is 60.7 Å². The number of esters is 1. The lowest BCUT2D eigenvalue weighted by Crippen LogP contribution is -2.42. The van der Waals surface area contributed by atoms with E-state index in [1.165, 1.54) is 38.5 Å². The molecule has 0 spiro atoms. The first-order chi connectivity index (χ1) is 33.2. The summed E-state index contributed by atoms with van der Waals surface area (Å²) >= 11 is 0. The molecule has 1 unspecified atom stereocenters. The van der Waals surface area contributed by atoms with Gasteiger partial charge in [0.15, 0.2) is 0 Å². The molecule has 4 amide bonds. The van der Waals surface area contributed by atoms with Crippen molar-refractivity contribution in [3.63, 3.8) is 0 Å². The zero-order valence-corrected chi connectivity index (χ0v) is 40.4. The van der Waals surface area contributed by atoms with Crippen molar-refractivity contribution in [2.24, 2.45) is 11.7 Å². The second-order valence-corrected chi connectivity index (χ2v) is 16.8. The van der Waals surface area contributed by atoms with Crippen molar-refractivity contribution >= 4 is 35.6 Å². The van der Waals surface area contributed by atoms with Crippen LogP contribution >= 0.6 is 0 Å². The number of aliphatic carboxylic acids is 1. The minimum atomic E-state index is -0.961. The number of benzene rings is 2. The first-order valence-corrected chi connectivity index (χ1v) is 24.8. The van der Waals surface area contributed by atoms with Gasteiger partial charge >= 0.3 is 11.9 Å². The molecule has 2 rings (SSSR count). The Hall–Kier alpha value is -4.94. The van der Waals surface area contributed by atoms with Crippen LogP contribution in [0.2, 0.25) is 0 Å². The number of hydrogen-bond acceptors (Lipinski definition) is 12. The van der Waals surface area contributed by atoms with Gasteiger partial charge in [0.1, 0.15) is 25.9 Å². The number of nitrogens with two attached hydrogens (primary N) is 1. The molecule has 7 N–H and O–H groups in total. The Morgan fingerprint density at radius 1 is 0.500 bits per heavy atom. The molecule has 68 heavy (non-hydrogen) atoms. The molecule has 0 heterocycles. The second-order valence-electron chi connectivity index (χ2n) is 16.8. The van der Waals surface area contributed by atoms with Gasteiger partial charge in [0.25, 0.3) is 0 Å². The summed E-state index contributed by atoms with van der Waals surface area (Å²) in [7, 11) is 0. The molecule has 0 aliphatic heterocycles. The van der Waals surface area contributed by atoms with E-state index in [4.69, 9.17) is 29.4 Å². The van der Waals surface area contributed by atoms with E-state index >= 15 is 0 Å². The molecular weight excluding hydrogens is 875 g/mol. The largest absolute Gasteiger partial charge is 0.481 e. The van der Waals surface area contributed by atoms with Gasteiger partial charge in [0, 0.05) is 39.0 Å². The molecule has 0 saturated carbocycles. The van der Waals surface area contributed by atoms with Crippen LogP contribution in [0.5, 0.6) is 0 Å². The Morgan fingerprint density at radius 3 is 1.50 bits per heavy atom. The van der Waals surface area contributed by atoms with Gasteiger partial charge in [-0.1, -0.05) is 138 Å². The Balaban J connectivity index is 1.50. The third-order valence-electron chi connectivity index (χ3n) is 10.9. The van der Waals surface area contributed by atoms with Gasteiger partial charge in [0.2, 0.25) is 23.6 Å². The highest BCUT2D eigenvalue weighted by Gasteiger charge is 2.23. The maximum atomic E-state index is 13.1. The number of hydrogen-bond donors (Lipinski definition) is 6. The van der Waals surface area contributed by atoms with Crippen molar-refractivity contribution in [1.82, 2.24) is 21.3 Å². The molecule has 0 aliphatic carbocycles. The summed E-state index contributed by atoms with van der Waals surface area (Å²) in [6.45, 7) is 2.55. The third kappa shape index (κ3) is 33.5. The van der Waals surface area contributed by atoms with Crippen molar-refractivity contribution in [3.8, 4) is 0 Å². The van der Waals surface area contributed by atoms with Crippen LogP contribution < -0.4 is 27.0 Å². The van der Waals surface area contributed by atoms with Gasteiger partial charge in [-0.2, -0.15) is 0 Å². The number of carbonyl (C=O) groups is 6. The van der Waals surface area contributed by atoms with Crippen LogP contribution in [0.3, 0.4) is 0 Å². The highest BCUT2D eigenvalue weighted by Crippen LogP contribution is 2.19. The van der Waals surface area contributed by atoms with Crippen molar-refractivity contribution in [1.29, 1.82) is 0 Å². The average Bonchev–Trinajstić information content (AvgIpc) is 3.34. The minimum absolute atomic E-state index is 0.00131. The Labute approximate surface area is 404 Å². The maximum absolute atomic E-state index is 13.1. The lowest BCUT2D eigenvalue weighted by Gasteiger charge is -2.18. The molecule has 0 saturated heterocycles. The number of amides is 4. The normalized spacial score (nSPS) is 11.9. The zero-order valence-electron chi connectivity index (χ0n) is 40.4. The predicted molar refractivity (Wildman–Crippen MR) is 259 cm³/mol. The summed E-state index contributed by atoms with van der Waals surface area (Å²) in [5.74, 6) is -2.70. The van der Waals surface area contributed by atoms with E-state index in [1.807, 2.05) is 60.7 Å². The fraction of sp³-hybridized carbons (Fsp3) is 0.647. The number of unbranched alkanes of at least 4 members (excludes halogenated alkanes) is 12. The summed E-state index contributed by atoms with van der Waals surface area (Å²) in [5, 5.41) is 20.4. The van der Waals surface area contributed by atoms with E-state index in [0.717, 1.165) is 56.1 Å². The van der Waals surface area contributed by atoms with Gasteiger partial charge in [-0.25, -0.2) is 4.79 Å². The number of ether oxygens (including phenoxy) is 5. The molecule has 17 nitrogen and oxygen atoms in total. The Kier molecular flexibility index (Phi) is 35.7. The van der Waals surface area contributed by atoms with E-state index < -0.39 is 18.0 Å². The average molecular weight is 956 g/mol. The van der Waals surface area contributed by atoms with E-state index in [1.54, 1.807) is 0 Å². The first-order valence-electron chi connectivity index (χ1n) is 24.8. The number of rotatable bonds is 44. The second kappa shape index (κ2) is 41.1. The maximum Gasteiger partial charge on any atom is 0.328 e. The van der Waals surface area contributed by atoms with Crippen LogP contribution in [-0.2, 0) is 65.5 Å². The minimum Gasteiger partial charge on any atom is -0.481 e. The highest BCUT2D eigenvalue weighted by atomic mass is 16.5. The quantitative estimate of drug-likeness (QED) is 0.0372. The molecule has 0 fully saturated rings. The smallest absolute Gasteiger partial charge is 0.328 e. The summed E-state index contributed by atoms with van der Waals surface area (Å²) in [6, 6.07) is 18.1. The van der Waals surface area contributed by atoms with E-state index in [-0.39, 0.29) is 115 Å². The number of nitrogens with one attached hydrogen (secondary N) is 4. The molecule has 2 aromatic carbocycles. The summed E-state index contributed by atoms with van der Waals surface area (Å²) in [5.41, 5.74) is 7.22. The summed E-state index contributed by atoms with van der Waals surface area (Å²) < 4.78 is 26.9. The van der Waals surface area contributed by atoms with Crippen LogP contribution in [0.4, 0.5) is 0 Å². The third-order valence-corrected chi connectivity index (χ3v) is 10.9. The number of carbonyl (C=O) groups excluding carboxylic acids is 5. The fourth-order valence-electron chi connectivity index (χ4n) is 7.15. The van der Waals surface area contributed by atoms with Crippen molar-refractivity contribution in [2.45, 2.75) is 128 Å². The first kappa shape index (κ1) is 59.2. The van der Waals surface area contributed by atoms with Gasteiger partial charge in [-0.05, 0) is 36.8 Å². The van der Waals surface area contributed by atoms with Crippen LogP contribution in [-0.4, -0.2) is 126 Å². The van der Waals surface area contributed by atoms with Crippen LogP contribution in [0, 0.1) is 5.92 Å².